The fourth-order valence-corrected chi connectivity index (χ4v) is 2.91. The number of carbonyl (C=O) groups is 2. The third-order valence-corrected chi connectivity index (χ3v) is 3.89. The highest BCUT2D eigenvalue weighted by molar-refractivity contribution is 5.80. The maximum Gasteiger partial charge on any atom is 0.305 e. The summed E-state index contributed by atoms with van der Waals surface area (Å²) in [6, 6.07) is 0.0330. The van der Waals surface area contributed by atoms with Crippen LogP contribution in [0.2, 0.25) is 0 Å². The van der Waals surface area contributed by atoms with E-state index in [4.69, 9.17) is 9.84 Å². The number of ether oxygens (including phenoxy) is 1. The lowest BCUT2D eigenvalue weighted by atomic mass is 9.91. The molecule has 3 atom stereocenters. The predicted molar refractivity (Wildman–Crippen MR) is 68.8 cm³/mol. The summed E-state index contributed by atoms with van der Waals surface area (Å²) >= 11 is 0. The molecule has 19 heavy (non-hydrogen) atoms. The van der Waals surface area contributed by atoms with E-state index in [1.807, 2.05) is 0 Å². The van der Waals surface area contributed by atoms with E-state index < -0.39 is 5.97 Å². The Balaban J connectivity index is 2.00. The first-order valence-electron chi connectivity index (χ1n) is 6.91. The second-order valence-electron chi connectivity index (χ2n) is 5.43. The predicted octanol–water partition coefficient (Wildman–Crippen LogP) is 0.0766. The van der Waals surface area contributed by atoms with Gasteiger partial charge in [-0.25, -0.2) is 0 Å². The molecule has 0 aromatic carbocycles. The van der Waals surface area contributed by atoms with Crippen LogP contribution in [0, 0.1) is 5.92 Å². The minimum Gasteiger partial charge on any atom is -0.481 e. The Morgan fingerprint density at radius 1 is 1.47 bits per heavy atom. The number of hydrogen-bond donors (Lipinski definition) is 2. The quantitative estimate of drug-likeness (QED) is 0.759. The fourth-order valence-electron chi connectivity index (χ4n) is 2.91. The van der Waals surface area contributed by atoms with E-state index in [1.54, 1.807) is 4.90 Å². The zero-order chi connectivity index (χ0) is 13.8. The molecular formula is C13H22N2O4. The van der Waals surface area contributed by atoms with Gasteiger partial charge < -0.3 is 20.1 Å². The zero-order valence-electron chi connectivity index (χ0n) is 11.3. The van der Waals surface area contributed by atoms with Crippen molar-refractivity contribution >= 4 is 11.9 Å². The Hall–Kier alpha value is -1.14. The van der Waals surface area contributed by atoms with Crippen molar-refractivity contribution in [3.05, 3.63) is 0 Å². The molecule has 0 aromatic rings. The fraction of sp³-hybridized carbons (Fsp3) is 0.846. The number of rotatable bonds is 3. The van der Waals surface area contributed by atoms with Gasteiger partial charge >= 0.3 is 5.97 Å². The van der Waals surface area contributed by atoms with Crippen molar-refractivity contribution in [2.24, 2.45) is 5.92 Å². The van der Waals surface area contributed by atoms with Crippen molar-refractivity contribution in [3.63, 3.8) is 0 Å². The molecule has 0 aliphatic carbocycles. The molecule has 3 unspecified atom stereocenters. The average Bonchev–Trinajstić information content (AvgIpc) is 2.38. The Morgan fingerprint density at radius 3 is 2.95 bits per heavy atom. The molecule has 6 nitrogen and oxygen atoms in total. The van der Waals surface area contributed by atoms with Gasteiger partial charge in [-0.15, -0.1) is 0 Å². The monoisotopic (exact) mass is 270 g/mol. The van der Waals surface area contributed by atoms with E-state index in [9.17, 15) is 9.59 Å². The summed E-state index contributed by atoms with van der Waals surface area (Å²) in [5.41, 5.74) is 0. The zero-order valence-corrected chi connectivity index (χ0v) is 11.3. The van der Waals surface area contributed by atoms with Crippen LogP contribution >= 0.6 is 0 Å². The van der Waals surface area contributed by atoms with E-state index >= 15 is 0 Å². The molecule has 0 radical (unpaired) electrons. The Morgan fingerprint density at radius 2 is 2.26 bits per heavy atom. The maximum absolute atomic E-state index is 12.5. The second-order valence-corrected chi connectivity index (χ2v) is 5.43. The van der Waals surface area contributed by atoms with Crippen LogP contribution < -0.4 is 5.32 Å². The lowest BCUT2D eigenvalue weighted by Gasteiger charge is -2.38. The molecule has 2 fully saturated rings. The Kier molecular flexibility index (Phi) is 4.76. The second kappa shape index (κ2) is 6.34. The van der Waals surface area contributed by atoms with Crippen LogP contribution in [0.25, 0.3) is 0 Å². The molecular weight excluding hydrogens is 248 g/mol. The molecule has 108 valence electrons. The van der Waals surface area contributed by atoms with Gasteiger partial charge in [0.2, 0.25) is 5.91 Å². The first kappa shape index (κ1) is 14.3. The number of morpholine rings is 1. The van der Waals surface area contributed by atoms with E-state index in [0.29, 0.717) is 25.8 Å². The van der Waals surface area contributed by atoms with Crippen molar-refractivity contribution < 1.29 is 19.4 Å². The van der Waals surface area contributed by atoms with Crippen molar-refractivity contribution in [3.8, 4) is 0 Å². The van der Waals surface area contributed by atoms with Gasteiger partial charge in [-0.1, -0.05) is 0 Å². The van der Waals surface area contributed by atoms with Crippen LogP contribution in [0.1, 0.15) is 26.2 Å². The van der Waals surface area contributed by atoms with E-state index in [1.165, 1.54) is 0 Å². The molecule has 2 aliphatic rings. The lowest BCUT2D eigenvalue weighted by molar-refractivity contribution is -0.149. The van der Waals surface area contributed by atoms with Gasteiger partial charge in [0.25, 0.3) is 0 Å². The summed E-state index contributed by atoms with van der Waals surface area (Å²) < 4.78 is 5.30. The molecule has 2 aliphatic heterocycles. The summed E-state index contributed by atoms with van der Waals surface area (Å²) in [6.45, 7) is 4.27. The molecule has 0 saturated carbocycles. The van der Waals surface area contributed by atoms with Crippen LogP contribution in [-0.4, -0.2) is 60.3 Å². The first-order chi connectivity index (χ1) is 9.08. The molecule has 2 saturated heterocycles. The van der Waals surface area contributed by atoms with Crippen LogP contribution in [0.5, 0.6) is 0 Å². The van der Waals surface area contributed by atoms with Crippen LogP contribution in [0.4, 0.5) is 0 Å². The number of hydrogen-bond acceptors (Lipinski definition) is 4. The molecule has 2 rings (SSSR count). The summed E-state index contributed by atoms with van der Waals surface area (Å²) in [5, 5.41) is 12.2. The normalized spacial score (nSPS) is 32.1. The highest BCUT2D eigenvalue weighted by atomic mass is 16.5. The summed E-state index contributed by atoms with van der Waals surface area (Å²) in [5.74, 6) is -0.763. The molecule has 1 amide bonds. The minimum absolute atomic E-state index is 0.0191. The summed E-state index contributed by atoms with van der Waals surface area (Å²) in [7, 11) is 0. The first-order valence-corrected chi connectivity index (χ1v) is 6.91. The number of carbonyl (C=O) groups excluding carboxylic acids is 1. The molecule has 6 heteroatoms. The van der Waals surface area contributed by atoms with Crippen molar-refractivity contribution in [1.29, 1.82) is 0 Å². The van der Waals surface area contributed by atoms with Gasteiger partial charge in [0.05, 0.1) is 25.7 Å². The lowest BCUT2D eigenvalue weighted by Crippen LogP contribution is -2.53. The highest BCUT2D eigenvalue weighted by Gasteiger charge is 2.34. The highest BCUT2D eigenvalue weighted by Crippen LogP contribution is 2.22. The number of nitrogens with one attached hydrogen (secondary N) is 1. The molecule has 0 bridgehead atoms. The number of piperidine rings is 1. The molecule has 2 heterocycles. The third kappa shape index (κ3) is 3.67. The smallest absolute Gasteiger partial charge is 0.305 e. The van der Waals surface area contributed by atoms with E-state index in [-0.39, 0.29) is 24.3 Å². The van der Waals surface area contributed by atoms with Gasteiger partial charge in [-0.2, -0.15) is 0 Å². The summed E-state index contributed by atoms with van der Waals surface area (Å²) in [4.78, 5) is 25.1. The topological polar surface area (TPSA) is 78.9 Å². The number of carboxylic acid groups (broad SMARTS) is 1. The van der Waals surface area contributed by atoms with Gasteiger partial charge in [0.15, 0.2) is 0 Å². The van der Waals surface area contributed by atoms with Crippen LogP contribution in [-0.2, 0) is 14.3 Å². The number of carboxylic acids is 1. The Labute approximate surface area is 113 Å². The van der Waals surface area contributed by atoms with E-state index in [2.05, 4.69) is 12.2 Å². The standard InChI is InChI=1S/C13H22N2O4/c1-9-6-10(2-3-14-9)13(18)15-4-5-19-8-11(15)7-12(16)17/h9-11,14H,2-8H2,1H3,(H,16,17). The molecule has 0 spiro atoms. The van der Waals surface area contributed by atoms with Crippen molar-refractivity contribution in [1.82, 2.24) is 10.2 Å². The number of nitrogens with zero attached hydrogens (tertiary/aromatic N) is 1. The van der Waals surface area contributed by atoms with Crippen LogP contribution in [0.15, 0.2) is 0 Å². The third-order valence-electron chi connectivity index (χ3n) is 3.89. The largest absolute Gasteiger partial charge is 0.481 e. The maximum atomic E-state index is 12.5. The van der Waals surface area contributed by atoms with E-state index in [0.717, 1.165) is 19.4 Å². The SMILES string of the molecule is CC1CC(C(=O)N2CCOCC2CC(=O)O)CCN1. The van der Waals surface area contributed by atoms with Crippen molar-refractivity contribution in [2.45, 2.75) is 38.3 Å². The average molecular weight is 270 g/mol. The van der Waals surface area contributed by atoms with Gasteiger partial charge in [0, 0.05) is 18.5 Å². The Bertz CT molecular complexity index is 348. The van der Waals surface area contributed by atoms with Gasteiger partial charge in [0.1, 0.15) is 0 Å². The molecule has 2 N–H and O–H groups in total. The van der Waals surface area contributed by atoms with Crippen LogP contribution in [0.3, 0.4) is 0 Å². The van der Waals surface area contributed by atoms with Gasteiger partial charge in [-0.3, -0.25) is 9.59 Å². The van der Waals surface area contributed by atoms with Crippen molar-refractivity contribution in [2.75, 3.05) is 26.3 Å². The summed E-state index contributed by atoms with van der Waals surface area (Å²) in [6.07, 6.45) is 1.63. The van der Waals surface area contributed by atoms with Gasteiger partial charge in [-0.05, 0) is 26.3 Å². The number of amides is 1. The minimum atomic E-state index is -0.882. The number of aliphatic carboxylic acids is 1. The molecule has 0 aromatic heterocycles.